The summed E-state index contributed by atoms with van der Waals surface area (Å²) in [7, 11) is 3.40. The first-order chi connectivity index (χ1) is 19.2. The predicted octanol–water partition coefficient (Wildman–Crippen LogP) is 3.60. The fraction of sp³-hybridized carbons (Fsp3) is 0.345. The Bertz CT molecular complexity index is 1310. The number of aromatic nitrogens is 2. The van der Waals surface area contributed by atoms with Crippen molar-refractivity contribution in [3.05, 3.63) is 89.0 Å². The normalized spacial score (nSPS) is 11.4. The van der Waals surface area contributed by atoms with Gasteiger partial charge in [0.05, 0.1) is 18.2 Å². The third-order valence-corrected chi connectivity index (χ3v) is 6.62. The maximum Gasteiger partial charge on any atom is 0.335 e. The van der Waals surface area contributed by atoms with E-state index in [4.69, 9.17) is 17.1 Å². The van der Waals surface area contributed by atoms with Gasteiger partial charge in [-0.2, -0.15) is 5.48 Å². The van der Waals surface area contributed by atoms with Gasteiger partial charge in [0.1, 0.15) is 11.5 Å². The molecule has 0 spiro atoms. The number of nitrogens with one attached hydrogen (secondary N) is 2. The van der Waals surface area contributed by atoms with Gasteiger partial charge in [0.15, 0.2) is 0 Å². The van der Waals surface area contributed by atoms with Gasteiger partial charge in [-0.15, -0.1) is 0 Å². The van der Waals surface area contributed by atoms with Crippen LogP contribution in [0.5, 0.6) is 0 Å². The van der Waals surface area contributed by atoms with Crippen LogP contribution in [0.1, 0.15) is 64.0 Å². The van der Waals surface area contributed by atoms with Crippen molar-refractivity contribution in [1.29, 1.82) is 0 Å². The van der Waals surface area contributed by atoms with Crippen LogP contribution in [0.3, 0.4) is 0 Å². The van der Waals surface area contributed by atoms with E-state index >= 15 is 0 Å². The Morgan fingerprint density at radius 1 is 1.07 bits per heavy atom. The number of carbonyl (C=O) groups excluding carboxylic acids is 2. The topological polar surface area (TPSA) is 126 Å². The lowest BCUT2D eigenvalue weighted by Crippen LogP contribution is -2.42. The van der Waals surface area contributed by atoms with Crippen molar-refractivity contribution in [1.82, 2.24) is 25.2 Å². The molecule has 0 aliphatic heterocycles. The van der Waals surface area contributed by atoms with Gasteiger partial charge in [-0.05, 0) is 48.3 Å². The highest BCUT2D eigenvalue weighted by atomic mass is 32.1. The number of aryl methyl sites for hydroxylation is 1. The molecule has 2 amide bonds. The Labute approximate surface area is 239 Å². The molecule has 10 nitrogen and oxygen atoms in total. The predicted molar refractivity (Wildman–Crippen MR) is 155 cm³/mol. The number of amides is 2. The average molecular weight is 566 g/mol. The number of imidazole rings is 1. The van der Waals surface area contributed by atoms with Gasteiger partial charge < -0.3 is 24.7 Å². The summed E-state index contributed by atoms with van der Waals surface area (Å²) in [6.07, 6.45) is 4.49. The Kier molecular flexibility index (Phi) is 11.2. The largest absolute Gasteiger partial charge is 0.478 e. The Morgan fingerprint density at radius 2 is 1.77 bits per heavy atom. The minimum absolute atomic E-state index is 0.0375. The summed E-state index contributed by atoms with van der Waals surface area (Å²) in [4.78, 5) is 48.7. The molecule has 0 saturated heterocycles. The van der Waals surface area contributed by atoms with Gasteiger partial charge >= 0.3 is 5.97 Å². The highest BCUT2D eigenvalue weighted by Crippen LogP contribution is 2.15. The lowest BCUT2D eigenvalue weighted by Gasteiger charge is -2.20. The standard InChI is InChI=1S/C29H35N5O5S/c1-4-5-11-25-30-18-24(34(25)19-21-12-14-22(15-13-21)28(37)38)27(36)31-23(16-20-9-7-6-8-10-20)17-26(35)32-39-29(40)33(2)3/h6-10,12-15,18,23H,4-5,11,16-17,19H2,1-3H3,(H,31,36)(H,32,35)(H,37,38). The number of unbranched alkanes of at least 4 members (excludes halogenated alkanes) is 1. The van der Waals surface area contributed by atoms with E-state index in [1.807, 2.05) is 34.9 Å². The molecule has 1 heterocycles. The van der Waals surface area contributed by atoms with Crippen molar-refractivity contribution in [3.63, 3.8) is 0 Å². The molecule has 3 rings (SSSR count). The van der Waals surface area contributed by atoms with Crippen molar-refractivity contribution in [2.24, 2.45) is 0 Å². The summed E-state index contributed by atoms with van der Waals surface area (Å²) in [6.45, 7) is 2.43. The second kappa shape index (κ2) is 14.8. The van der Waals surface area contributed by atoms with Crippen molar-refractivity contribution in [2.75, 3.05) is 14.1 Å². The maximum atomic E-state index is 13.6. The van der Waals surface area contributed by atoms with Crippen LogP contribution in [0.2, 0.25) is 0 Å². The first-order valence-electron chi connectivity index (χ1n) is 13.1. The van der Waals surface area contributed by atoms with Crippen LogP contribution in [0.4, 0.5) is 0 Å². The molecule has 0 radical (unpaired) electrons. The van der Waals surface area contributed by atoms with Gasteiger partial charge in [-0.3, -0.25) is 9.59 Å². The van der Waals surface area contributed by atoms with Crippen LogP contribution in [-0.4, -0.2) is 62.7 Å². The zero-order valence-electron chi connectivity index (χ0n) is 22.9. The van der Waals surface area contributed by atoms with Crippen LogP contribution in [0.15, 0.2) is 60.8 Å². The fourth-order valence-corrected chi connectivity index (χ4v) is 4.07. The number of rotatable bonds is 12. The SMILES string of the molecule is CCCCc1ncc(C(=O)NC(CC(=O)NOC(=S)N(C)C)Cc2ccccc2)n1Cc1ccc(C(=O)O)cc1. The average Bonchev–Trinajstić information content (AvgIpc) is 3.33. The number of thiocarbonyl (C=S) groups is 1. The smallest absolute Gasteiger partial charge is 0.335 e. The summed E-state index contributed by atoms with van der Waals surface area (Å²) in [5.74, 6) is -1.03. The maximum absolute atomic E-state index is 13.6. The van der Waals surface area contributed by atoms with Crippen LogP contribution in [0.25, 0.3) is 0 Å². The number of benzene rings is 2. The minimum Gasteiger partial charge on any atom is -0.478 e. The Hall–Kier alpha value is -4.25. The van der Waals surface area contributed by atoms with Crippen LogP contribution in [-0.2, 0) is 29.0 Å². The molecule has 1 atom stereocenters. The molecule has 0 bridgehead atoms. The van der Waals surface area contributed by atoms with E-state index < -0.39 is 17.9 Å². The van der Waals surface area contributed by atoms with E-state index in [9.17, 15) is 19.5 Å². The molecule has 3 aromatic rings. The van der Waals surface area contributed by atoms with Crippen molar-refractivity contribution in [2.45, 2.75) is 51.6 Å². The number of hydrogen-bond acceptors (Lipinski definition) is 6. The molecule has 212 valence electrons. The van der Waals surface area contributed by atoms with E-state index in [-0.39, 0.29) is 23.1 Å². The van der Waals surface area contributed by atoms with E-state index in [0.29, 0.717) is 25.1 Å². The highest BCUT2D eigenvalue weighted by molar-refractivity contribution is 7.80. The molecule has 11 heteroatoms. The van der Waals surface area contributed by atoms with Crippen LogP contribution >= 0.6 is 12.2 Å². The number of aromatic carboxylic acids is 1. The van der Waals surface area contributed by atoms with Crippen LogP contribution in [0, 0.1) is 0 Å². The van der Waals surface area contributed by atoms with Gasteiger partial charge in [-0.1, -0.05) is 55.8 Å². The molecule has 0 aliphatic carbocycles. The number of carbonyl (C=O) groups is 3. The van der Waals surface area contributed by atoms with Crippen LogP contribution < -0.4 is 10.8 Å². The monoisotopic (exact) mass is 565 g/mol. The lowest BCUT2D eigenvalue weighted by atomic mass is 10.0. The number of carboxylic acid groups (broad SMARTS) is 1. The number of nitrogens with zero attached hydrogens (tertiary/aromatic N) is 3. The molecule has 1 unspecified atom stereocenters. The number of hydroxylamine groups is 1. The fourth-order valence-electron chi connectivity index (χ4n) is 4.03. The second-order valence-electron chi connectivity index (χ2n) is 9.60. The molecule has 0 saturated carbocycles. The van der Waals surface area contributed by atoms with Crippen molar-refractivity contribution < 1.29 is 24.3 Å². The Balaban J connectivity index is 1.82. The van der Waals surface area contributed by atoms with Gasteiger partial charge in [0.25, 0.3) is 17.0 Å². The molecular formula is C29H35N5O5S. The summed E-state index contributed by atoms with van der Waals surface area (Å²) >= 11 is 5.05. The molecule has 3 N–H and O–H groups in total. The van der Waals surface area contributed by atoms with Crippen molar-refractivity contribution >= 4 is 35.2 Å². The molecule has 1 aromatic heterocycles. The van der Waals surface area contributed by atoms with Gasteiger partial charge in [0.2, 0.25) is 0 Å². The van der Waals surface area contributed by atoms with E-state index in [1.54, 1.807) is 49.5 Å². The summed E-state index contributed by atoms with van der Waals surface area (Å²) in [5.41, 5.74) is 4.69. The summed E-state index contributed by atoms with van der Waals surface area (Å²) in [5, 5.41) is 12.3. The Morgan fingerprint density at radius 3 is 2.40 bits per heavy atom. The molecule has 0 fully saturated rings. The van der Waals surface area contributed by atoms with Crippen molar-refractivity contribution in [3.8, 4) is 0 Å². The zero-order valence-corrected chi connectivity index (χ0v) is 23.7. The lowest BCUT2D eigenvalue weighted by molar-refractivity contribution is -0.129. The molecule has 0 aliphatic rings. The first-order valence-corrected chi connectivity index (χ1v) is 13.5. The highest BCUT2D eigenvalue weighted by Gasteiger charge is 2.23. The molecular weight excluding hydrogens is 530 g/mol. The summed E-state index contributed by atoms with van der Waals surface area (Å²) in [6, 6.07) is 15.6. The zero-order chi connectivity index (χ0) is 29.1. The third kappa shape index (κ3) is 8.91. The van der Waals surface area contributed by atoms with E-state index in [1.165, 1.54) is 0 Å². The molecule has 40 heavy (non-hydrogen) atoms. The second-order valence-corrected chi connectivity index (χ2v) is 9.95. The quantitative estimate of drug-likeness (QED) is 0.225. The van der Waals surface area contributed by atoms with Gasteiger partial charge in [-0.25, -0.2) is 9.78 Å². The minimum atomic E-state index is -1.000. The first kappa shape index (κ1) is 30.3. The number of hydrogen-bond donors (Lipinski definition) is 3. The molecule has 2 aromatic carbocycles. The van der Waals surface area contributed by atoms with E-state index in [2.05, 4.69) is 22.7 Å². The third-order valence-electron chi connectivity index (χ3n) is 6.18. The van der Waals surface area contributed by atoms with Gasteiger partial charge in [0, 0.05) is 33.1 Å². The summed E-state index contributed by atoms with van der Waals surface area (Å²) < 4.78 is 1.85. The number of carboxylic acids is 1. The van der Waals surface area contributed by atoms with E-state index in [0.717, 1.165) is 29.8 Å².